The van der Waals surface area contributed by atoms with Crippen molar-refractivity contribution in [2.45, 2.75) is 39.0 Å². The maximum atomic E-state index is 12.4. The summed E-state index contributed by atoms with van der Waals surface area (Å²) in [5.41, 5.74) is 2.88. The van der Waals surface area contributed by atoms with E-state index in [9.17, 15) is 4.79 Å². The van der Waals surface area contributed by atoms with Crippen LogP contribution < -0.4 is 10.2 Å². The number of nitrogens with one attached hydrogen (secondary N) is 1. The number of nitrogens with zero attached hydrogens (tertiary/aromatic N) is 2. The molecular weight excluding hydrogens is 306 g/mol. The van der Waals surface area contributed by atoms with Gasteiger partial charge in [-0.1, -0.05) is 26.0 Å². The quantitative estimate of drug-likeness (QED) is 0.900. The number of benzene rings is 1. The fraction of sp³-hybridized carbons (Fsp3) is 0.444. The van der Waals surface area contributed by atoms with Gasteiger partial charge in [0.25, 0.3) is 0 Å². The molecule has 1 aromatic carbocycles. The average Bonchev–Trinajstić information content (AvgIpc) is 3.19. The zero-order chi connectivity index (χ0) is 16.2. The molecule has 0 saturated carbocycles. The highest BCUT2D eigenvalue weighted by Crippen LogP contribution is 2.28. The van der Waals surface area contributed by atoms with Crippen LogP contribution in [0.3, 0.4) is 0 Å². The van der Waals surface area contributed by atoms with Gasteiger partial charge in [0.05, 0.1) is 28.5 Å². The number of hydrogen-bond acceptors (Lipinski definition) is 4. The number of thiazole rings is 1. The number of para-hydroxylation sites is 2. The van der Waals surface area contributed by atoms with Crippen molar-refractivity contribution in [2.75, 3.05) is 23.3 Å². The van der Waals surface area contributed by atoms with E-state index in [2.05, 4.69) is 35.1 Å². The number of amides is 1. The normalized spacial score (nSPS) is 14.5. The first-order chi connectivity index (χ1) is 11.1. The Morgan fingerprint density at radius 1 is 1.30 bits per heavy atom. The molecule has 1 fully saturated rings. The van der Waals surface area contributed by atoms with E-state index in [0.717, 1.165) is 35.2 Å². The lowest BCUT2D eigenvalue weighted by Crippen LogP contribution is -2.21. The summed E-state index contributed by atoms with van der Waals surface area (Å²) in [7, 11) is 0. The lowest BCUT2D eigenvalue weighted by molar-refractivity contribution is -0.115. The zero-order valence-electron chi connectivity index (χ0n) is 13.7. The van der Waals surface area contributed by atoms with E-state index in [4.69, 9.17) is 0 Å². The second kappa shape index (κ2) is 7.13. The standard InChI is InChI=1S/C18H23N3OS/c1-13(2)18-19-14(12-23-18)11-17(22)20-15-7-3-4-8-16(15)21-9-5-6-10-21/h3-4,7-8,12-13H,5-6,9-11H2,1-2H3,(H,20,22). The Morgan fingerprint density at radius 3 is 2.74 bits per heavy atom. The Bertz CT molecular complexity index is 674. The van der Waals surface area contributed by atoms with Gasteiger partial charge in [-0.2, -0.15) is 0 Å². The van der Waals surface area contributed by atoms with Crippen molar-refractivity contribution >= 4 is 28.6 Å². The van der Waals surface area contributed by atoms with E-state index in [1.165, 1.54) is 12.8 Å². The molecule has 2 heterocycles. The van der Waals surface area contributed by atoms with Crippen molar-refractivity contribution < 1.29 is 4.79 Å². The van der Waals surface area contributed by atoms with Crippen LogP contribution in [0.5, 0.6) is 0 Å². The number of rotatable bonds is 5. The van der Waals surface area contributed by atoms with Crippen LogP contribution in [0, 0.1) is 0 Å². The van der Waals surface area contributed by atoms with Gasteiger partial charge in [0, 0.05) is 24.4 Å². The minimum atomic E-state index is -0.00254. The van der Waals surface area contributed by atoms with Crippen LogP contribution in [0.15, 0.2) is 29.6 Å². The predicted octanol–water partition coefficient (Wildman–Crippen LogP) is 4.05. The highest BCUT2D eigenvalue weighted by Gasteiger charge is 2.17. The van der Waals surface area contributed by atoms with Crippen LogP contribution in [0.25, 0.3) is 0 Å². The number of hydrogen-bond donors (Lipinski definition) is 1. The molecule has 0 spiro atoms. The Kier molecular flexibility index (Phi) is 4.96. The van der Waals surface area contributed by atoms with Gasteiger partial charge in [0.15, 0.2) is 0 Å². The molecule has 3 rings (SSSR count). The molecule has 1 aliphatic rings. The van der Waals surface area contributed by atoms with Crippen molar-refractivity contribution in [3.63, 3.8) is 0 Å². The topological polar surface area (TPSA) is 45.2 Å². The van der Waals surface area contributed by atoms with Crippen LogP contribution >= 0.6 is 11.3 Å². The van der Waals surface area contributed by atoms with Gasteiger partial charge in [0.1, 0.15) is 0 Å². The van der Waals surface area contributed by atoms with Crippen LogP contribution in [0.2, 0.25) is 0 Å². The predicted molar refractivity (Wildman–Crippen MR) is 96.4 cm³/mol. The monoisotopic (exact) mass is 329 g/mol. The van der Waals surface area contributed by atoms with Crippen molar-refractivity contribution in [3.05, 3.63) is 40.3 Å². The molecule has 0 bridgehead atoms. The molecule has 0 radical (unpaired) electrons. The molecule has 1 N–H and O–H groups in total. The zero-order valence-corrected chi connectivity index (χ0v) is 14.5. The van der Waals surface area contributed by atoms with Crippen molar-refractivity contribution in [3.8, 4) is 0 Å². The third kappa shape index (κ3) is 3.91. The van der Waals surface area contributed by atoms with Crippen molar-refractivity contribution in [2.24, 2.45) is 0 Å². The Balaban J connectivity index is 1.67. The van der Waals surface area contributed by atoms with Gasteiger partial charge in [0.2, 0.25) is 5.91 Å². The molecule has 0 unspecified atom stereocenters. The van der Waals surface area contributed by atoms with Gasteiger partial charge < -0.3 is 10.2 Å². The molecule has 122 valence electrons. The molecule has 0 aliphatic carbocycles. The summed E-state index contributed by atoms with van der Waals surface area (Å²) in [6.45, 7) is 6.37. The summed E-state index contributed by atoms with van der Waals surface area (Å²) in [6.07, 6.45) is 2.77. The SMILES string of the molecule is CC(C)c1nc(CC(=O)Nc2ccccc2N2CCCC2)cs1. The molecule has 1 amide bonds. The van der Waals surface area contributed by atoms with E-state index in [1.807, 2.05) is 23.6 Å². The summed E-state index contributed by atoms with van der Waals surface area (Å²) in [5.74, 6) is 0.407. The Morgan fingerprint density at radius 2 is 2.04 bits per heavy atom. The van der Waals surface area contributed by atoms with Gasteiger partial charge in [-0.25, -0.2) is 4.98 Å². The molecule has 1 aliphatic heterocycles. The average molecular weight is 329 g/mol. The fourth-order valence-corrected chi connectivity index (χ4v) is 3.68. The molecule has 1 saturated heterocycles. The van der Waals surface area contributed by atoms with Crippen LogP contribution in [0.4, 0.5) is 11.4 Å². The number of aromatic nitrogens is 1. The summed E-state index contributed by atoms with van der Waals surface area (Å²) >= 11 is 1.63. The molecular formula is C18H23N3OS. The lowest BCUT2D eigenvalue weighted by Gasteiger charge is -2.21. The molecule has 4 nitrogen and oxygen atoms in total. The van der Waals surface area contributed by atoms with E-state index in [0.29, 0.717) is 12.3 Å². The van der Waals surface area contributed by atoms with E-state index >= 15 is 0 Å². The minimum Gasteiger partial charge on any atom is -0.370 e. The van der Waals surface area contributed by atoms with E-state index in [-0.39, 0.29) is 5.91 Å². The lowest BCUT2D eigenvalue weighted by atomic mass is 10.2. The van der Waals surface area contributed by atoms with Crippen LogP contribution in [-0.4, -0.2) is 24.0 Å². The van der Waals surface area contributed by atoms with Gasteiger partial charge in [-0.3, -0.25) is 4.79 Å². The highest BCUT2D eigenvalue weighted by molar-refractivity contribution is 7.09. The van der Waals surface area contributed by atoms with Gasteiger partial charge in [-0.15, -0.1) is 11.3 Å². The number of carbonyl (C=O) groups is 1. The first-order valence-electron chi connectivity index (χ1n) is 8.21. The summed E-state index contributed by atoms with van der Waals surface area (Å²) in [4.78, 5) is 19.2. The number of anilines is 2. The van der Waals surface area contributed by atoms with E-state index in [1.54, 1.807) is 11.3 Å². The first-order valence-corrected chi connectivity index (χ1v) is 9.09. The second-order valence-electron chi connectivity index (χ2n) is 6.27. The summed E-state index contributed by atoms with van der Waals surface area (Å²) < 4.78 is 0. The maximum Gasteiger partial charge on any atom is 0.230 e. The van der Waals surface area contributed by atoms with Crippen molar-refractivity contribution in [1.29, 1.82) is 0 Å². The van der Waals surface area contributed by atoms with Gasteiger partial charge in [-0.05, 0) is 25.0 Å². The molecule has 1 aromatic heterocycles. The second-order valence-corrected chi connectivity index (χ2v) is 7.16. The van der Waals surface area contributed by atoms with E-state index < -0.39 is 0 Å². The highest BCUT2D eigenvalue weighted by atomic mass is 32.1. The third-order valence-corrected chi connectivity index (χ3v) is 5.22. The Hall–Kier alpha value is -1.88. The largest absolute Gasteiger partial charge is 0.370 e. The van der Waals surface area contributed by atoms with Crippen LogP contribution in [0.1, 0.15) is 43.3 Å². The molecule has 5 heteroatoms. The minimum absolute atomic E-state index is 0.00254. The fourth-order valence-electron chi connectivity index (χ4n) is 2.84. The third-order valence-electron chi connectivity index (χ3n) is 4.03. The number of carbonyl (C=O) groups excluding carboxylic acids is 1. The summed E-state index contributed by atoms with van der Waals surface area (Å²) in [5, 5.41) is 6.13. The van der Waals surface area contributed by atoms with Crippen molar-refractivity contribution in [1.82, 2.24) is 4.98 Å². The molecule has 2 aromatic rings. The molecule has 0 atom stereocenters. The van der Waals surface area contributed by atoms with Crippen LogP contribution in [-0.2, 0) is 11.2 Å². The van der Waals surface area contributed by atoms with Gasteiger partial charge >= 0.3 is 0 Å². The molecule has 23 heavy (non-hydrogen) atoms. The first kappa shape index (κ1) is 16.0. The smallest absolute Gasteiger partial charge is 0.230 e. The summed E-state index contributed by atoms with van der Waals surface area (Å²) in [6, 6.07) is 8.06. The maximum absolute atomic E-state index is 12.4. The Labute approximate surface area is 141 Å².